The summed E-state index contributed by atoms with van der Waals surface area (Å²) in [7, 11) is 1.54. The molecule has 0 radical (unpaired) electrons. The minimum absolute atomic E-state index is 0.0641. The van der Waals surface area contributed by atoms with Crippen LogP contribution in [0.5, 0.6) is 5.75 Å². The number of ether oxygens (including phenoxy) is 2. The fraction of sp³-hybridized carbons (Fsp3) is 0.333. The van der Waals surface area contributed by atoms with Gasteiger partial charge in [0.1, 0.15) is 11.5 Å². The lowest BCUT2D eigenvalue weighted by molar-refractivity contribution is -0.140. The first kappa shape index (κ1) is 21.6. The van der Waals surface area contributed by atoms with Gasteiger partial charge in [-0.2, -0.15) is 0 Å². The highest BCUT2D eigenvalue weighted by atomic mass is 79.9. The summed E-state index contributed by atoms with van der Waals surface area (Å²) in [6.45, 7) is 2.82. The van der Waals surface area contributed by atoms with Crippen LogP contribution in [0.3, 0.4) is 0 Å². The number of benzene rings is 2. The van der Waals surface area contributed by atoms with Crippen LogP contribution in [0.1, 0.15) is 35.6 Å². The zero-order valence-electron chi connectivity index (χ0n) is 17.4. The van der Waals surface area contributed by atoms with Gasteiger partial charge in [-0.1, -0.05) is 40.2 Å². The molecule has 2 atom stereocenters. The number of ketones is 1. The fourth-order valence-corrected chi connectivity index (χ4v) is 4.49. The number of aliphatic hydroxyl groups is 1. The fourth-order valence-electron chi connectivity index (χ4n) is 4.24. The minimum Gasteiger partial charge on any atom is -0.507 e. The van der Waals surface area contributed by atoms with E-state index in [-0.39, 0.29) is 24.0 Å². The molecular formula is C24H24BrNO5. The van der Waals surface area contributed by atoms with Crippen molar-refractivity contribution in [2.75, 3.05) is 20.3 Å². The van der Waals surface area contributed by atoms with E-state index in [1.807, 2.05) is 31.2 Å². The lowest BCUT2D eigenvalue weighted by Crippen LogP contribution is -2.36. The van der Waals surface area contributed by atoms with Crippen molar-refractivity contribution < 1.29 is 24.2 Å². The Bertz CT molecular complexity index is 1060. The summed E-state index contributed by atoms with van der Waals surface area (Å²) in [5, 5.41) is 11.2. The molecular weight excluding hydrogens is 462 g/mol. The van der Waals surface area contributed by atoms with Gasteiger partial charge < -0.3 is 19.5 Å². The second kappa shape index (κ2) is 8.85. The predicted molar refractivity (Wildman–Crippen MR) is 120 cm³/mol. The van der Waals surface area contributed by atoms with E-state index in [2.05, 4.69) is 15.9 Å². The Kier molecular flexibility index (Phi) is 6.16. The van der Waals surface area contributed by atoms with Gasteiger partial charge in [0.15, 0.2) is 0 Å². The average molecular weight is 486 g/mol. The number of nitrogens with zero attached hydrogens (tertiary/aromatic N) is 1. The summed E-state index contributed by atoms with van der Waals surface area (Å²) in [6, 6.07) is 11.8. The summed E-state index contributed by atoms with van der Waals surface area (Å²) < 4.78 is 12.1. The van der Waals surface area contributed by atoms with Gasteiger partial charge in [-0.05, 0) is 43.5 Å². The third-order valence-corrected chi connectivity index (χ3v) is 6.72. The van der Waals surface area contributed by atoms with E-state index >= 15 is 0 Å². The van der Waals surface area contributed by atoms with Crippen molar-refractivity contribution in [3.8, 4) is 5.75 Å². The van der Waals surface area contributed by atoms with E-state index in [0.717, 1.165) is 22.9 Å². The molecule has 0 saturated carbocycles. The van der Waals surface area contributed by atoms with Crippen molar-refractivity contribution in [2.24, 2.45) is 0 Å². The van der Waals surface area contributed by atoms with Gasteiger partial charge in [0.2, 0.25) is 0 Å². The Hall–Kier alpha value is -2.64. The number of aryl methyl sites for hydroxylation is 1. The van der Waals surface area contributed by atoms with Crippen LogP contribution in [-0.4, -0.2) is 48.1 Å². The van der Waals surface area contributed by atoms with Gasteiger partial charge in [0.05, 0.1) is 24.8 Å². The molecule has 2 unspecified atom stereocenters. The smallest absolute Gasteiger partial charge is 0.295 e. The number of likely N-dealkylation sites (tertiary alicyclic amines) is 1. The summed E-state index contributed by atoms with van der Waals surface area (Å²) in [5.74, 6) is -0.988. The van der Waals surface area contributed by atoms with Crippen LogP contribution in [0.25, 0.3) is 5.76 Å². The molecule has 0 bridgehead atoms. The molecule has 31 heavy (non-hydrogen) atoms. The zero-order chi connectivity index (χ0) is 22.1. The highest BCUT2D eigenvalue weighted by Gasteiger charge is 2.47. The average Bonchev–Trinajstić information content (AvgIpc) is 3.37. The number of methoxy groups -OCH3 is 1. The van der Waals surface area contributed by atoms with E-state index < -0.39 is 17.7 Å². The van der Waals surface area contributed by atoms with Gasteiger partial charge in [0, 0.05) is 28.8 Å². The largest absolute Gasteiger partial charge is 0.507 e. The van der Waals surface area contributed by atoms with Gasteiger partial charge in [-0.15, -0.1) is 0 Å². The molecule has 2 heterocycles. The monoisotopic (exact) mass is 485 g/mol. The molecule has 6 nitrogen and oxygen atoms in total. The molecule has 2 aliphatic rings. The Morgan fingerprint density at radius 1 is 1.26 bits per heavy atom. The number of amides is 1. The van der Waals surface area contributed by atoms with Crippen LogP contribution < -0.4 is 4.74 Å². The van der Waals surface area contributed by atoms with Crippen molar-refractivity contribution in [3.63, 3.8) is 0 Å². The maximum absolute atomic E-state index is 13.1. The lowest BCUT2D eigenvalue weighted by Gasteiger charge is -2.28. The molecule has 7 heteroatoms. The summed E-state index contributed by atoms with van der Waals surface area (Å²) in [4.78, 5) is 27.7. The quantitative estimate of drug-likeness (QED) is 0.386. The molecule has 1 N–H and O–H groups in total. The molecule has 2 aromatic rings. The number of carbonyl (C=O) groups is 2. The number of halogens is 1. The number of carbonyl (C=O) groups excluding carboxylic acids is 2. The van der Waals surface area contributed by atoms with Crippen LogP contribution in [-0.2, 0) is 14.3 Å². The molecule has 4 rings (SSSR count). The van der Waals surface area contributed by atoms with Crippen molar-refractivity contribution >= 4 is 33.4 Å². The highest BCUT2D eigenvalue weighted by Crippen LogP contribution is 2.43. The maximum atomic E-state index is 13.1. The first-order valence-corrected chi connectivity index (χ1v) is 11.0. The van der Waals surface area contributed by atoms with Crippen LogP contribution in [0.2, 0.25) is 0 Å². The first-order chi connectivity index (χ1) is 14.9. The van der Waals surface area contributed by atoms with Crippen molar-refractivity contribution in [3.05, 3.63) is 69.2 Å². The Labute approximate surface area is 189 Å². The molecule has 2 aliphatic heterocycles. The third kappa shape index (κ3) is 4.00. The number of rotatable bonds is 5. The molecule has 162 valence electrons. The van der Waals surface area contributed by atoms with Gasteiger partial charge in [-0.25, -0.2) is 0 Å². The predicted octanol–water partition coefficient (Wildman–Crippen LogP) is 4.37. The van der Waals surface area contributed by atoms with E-state index in [1.165, 1.54) is 4.90 Å². The van der Waals surface area contributed by atoms with Crippen molar-refractivity contribution in [1.29, 1.82) is 0 Å². The summed E-state index contributed by atoms with van der Waals surface area (Å²) in [5.41, 5.74) is 2.11. The van der Waals surface area contributed by atoms with Crippen molar-refractivity contribution in [2.45, 2.75) is 31.9 Å². The normalized spacial score (nSPS) is 22.9. The Morgan fingerprint density at radius 3 is 2.71 bits per heavy atom. The summed E-state index contributed by atoms with van der Waals surface area (Å²) in [6.07, 6.45) is 1.62. The second-order valence-corrected chi connectivity index (χ2v) is 8.65. The zero-order valence-corrected chi connectivity index (χ0v) is 19.0. The molecule has 2 fully saturated rings. The number of hydrogen-bond donors (Lipinski definition) is 1. The standard InChI is InChI=1S/C24H24BrNO5/c1-14-12-15(9-10-18(14)25)22(27)20-21(17-7-3-4-8-19(17)30-2)26(24(29)23(20)28)13-16-6-5-11-31-16/h3-4,7-10,12,16,21,27H,5-6,11,13H2,1-2H3/b22-20+. The van der Waals surface area contributed by atoms with E-state index in [9.17, 15) is 14.7 Å². The number of hydrogen-bond acceptors (Lipinski definition) is 5. The first-order valence-electron chi connectivity index (χ1n) is 10.2. The number of para-hydroxylation sites is 1. The molecule has 0 aromatic heterocycles. The third-order valence-electron chi connectivity index (χ3n) is 5.83. The maximum Gasteiger partial charge on any atom is 0.295 e. The molecule has 2 saturated heterocycles. The van der Waals surface area contributed by atoms with E-state index in [4.69, 9.17) is 9.47 Å². The SMILES string of the molecule is COc1ccccc1C1/C(=C(\O)c2ccc(Br)c(C)c2)C(=O)C(=O)N1CC1CCCO1. The van der Waals surface area contributed by atoms with Crippen LogP contribution in [0.15, 0.2) is 52.5 Å². The van der Waals surface area contributed by atoms with Gasteiger partial charge in [0.25, 0.3) is 11.7 Å². The topological polar surface area (TPSA) is 76.1 Å². The van der Waals surface area contributed by atoms with E-state index in [0.29, 0.717) is 23.5 Å². The Balaban J connectivity index is 1.87. The highest BCUT2D eigenvalue weighted by molar-refractivity contribution is 9.10. The summed E-state index contributed by atoms with van der Waals surface area (Å²) >= 11 is 3.45. The molecule has 0 aliphatic carbocycles. The Morgan fingerprint density at radius 2 is 2.03 bits per heavy atom. The van der Waals surface area contributed by atoms with Crippen molar-refractivity contribution in [1.82, 2.24) is 4.90 Å². The molecule has 1 amide bonds. The molecule has 2 aromatic carbocycles. The second-order valence-electron chi connectivity index (χ2n) is 7.79. The molecule has 0 spiro atoms. The van der Waals surface area contributed by atoms with Gasteiger partial charge >= 0.3 is 0 Å². The van der Waals surface area contributed by atoms with E-state index in [1.54, 1.807) is 25.3 Å². The number of Topliss-reactive ketones (excluding diaryl/α,β-unsaturated/α-hetero) is 1. The van der Waals surface area contributed by atoms with Crippen LogP contribution in [0, 0.1) is 6.92 Å². The minimum atomic E-state index is -0.760. The lowest BCUT2D eigenvalue weighted by atomic mass is 9.94. The van der Waals surface area contributed by atoms with Crippen LogP contribution >= 0.6 is 15.9 Å². The number of aliphatic hydroxyl groups excluding tert-OH is 1. The van der Waals surface area contributed by atoms with Crippen LogP contribution in [0.4, 0.5) is 0 Å². The van der Waals surface area contributed by atoms with Gasteiger partial charge in [-0.3, -0.25) is 9.59 Å².